The van der Waals surface area contributed by atoms with Crippen molar-refractivity contribution in [1.29, 1.82) is 5.26 Å². The normalized spacial score (nSPS) is 13.9. The first-order valence-electron chi connectivity index (χ1n) is 6.50. The molecule has 0 saturated carbocycles. The van der Waals surface area contributed by atoms with E-state index in [1.807, 2.05) is 11.9 Å². The summed E-state index contributed by atoms with van der Waals surface area (Å²) in [6.07, 6.45) is 1.17. The predicted molar refractivity (Wildman–Crippen MR) is 79.4 cm³/mol. The van der Waals surface area contributed by atoms with Crippen LogP contribution in [0.1, 0.15) is 5.76 Å². The van der Waals surface area contributed by atoms with E-state index in [2.05, 4.69) is 4.72 Å². The molecule has 1 aliphatic rings. The molecule has 0 bridgehead atoms. The highest BCUT2D eigenvalue weighted by atomic mass is 32.2. The smallest absolute Gasteiger partial charge is 0.266 e. The maximum atomic E-state index is 12.5. The average molecular weight is 319 g/mol. The van der Waals surface area contributed by atoms with Crippen molar-refractivity contribution in [2.75, 3.05) is 29.8 Å². The second kappa shape index (κ2) is 5.27. The number of nitrogens with zero attached hydrogens (tertiary/aromatic N) is 2. The minimum atomic E-state index is -3.92. The number of para-hydroxylation sites is 1. The van der Waals surface area contributed by atoms with E-state index in [0.717, 1.165) is 0 Å². The van der Waals surface area contributed by atoms with E-state index >= 15 is 0 Å². The summed E-state index contributed by atoms with van der Waals surface area (Å²) in [6.45, 7) is 1.20. The van der Waals surface area contributed by atoms with Crippen LogP contribution in [0.4, 0.5) is 11.4 Å². The molecule has 8 heteroatoms. The van der Waals surface area contributed by atoms with Gasteiger partial charge in [-0.2, -0.15) is 5.26 Å². The Labute approximate surface area is 127 Å². The predicted octanol–water partition coefficient (Wildman–Crippen LogP) is 1.78. The minimum Gasteiger partial charge on any atom is -0.489 e. The zero-order chi connectivity index (χ0) is 15.7. The second-order valence-electron chi connectivity index (χ2n) is 4.75. The van der Waals surface area contributed by atoms with Crippen LogP contribution >= 0.6 is 0 Å². The standard InChI is InChI=1S/C14H13N3O4S/c1-17-6-8-21-11-4-2-3-10(14(11)17)16-22(18,19)13-5-7-20-12(13)9-15/h2-5,7,16H,6,8H2,1H3. The van der Waals surface area contributed by atoms with E-state index < -0.39 is 10.0 Å². The highest BCUT2D eigenvalue weighted by Crippen LogP contribution is 2.38. The van der Waals surface area contributed by atoms with Gasteiger partial charge in [-0.1, -0.05) is 6.07 Å². The molecule has 2 heterocycles. The summed E-state index contributed by atoms with van der Waals surface area (Å²) < 4.78 is 37.8. The first-order chi connectivity index (χ1) is 10.5. The van der Waals surface area contributed by atoms with Gasteiger partial charge in [0.25, 0.3) is 10.0 Å². The molecule has 3 rings (SSSR count). The van der Waals surface area contributed by atoms with Crippen molar-refractivity contribution >= 4 is 21.4 Å². The number of ether oxygens (including phenoxy) is 1. The largest absolute Gasteiger partial charge is 0.489 e. The molecule has 2 aromatic rings. The van der Waals surface area contributed by atoms with E-state index in [1.165, 1.54) is 12.3 Å². The lowest BCUT2D eigenvalue weighted by Gasteiger charge is -2.29. The number of hydrogen-bond acceptors (Lipinski definition) is 6. The van der Waals surface area contributed by atoms with E-state index in [1.54, 1.807) is 24.3 Å². The van der Waals surface area contributed by atoms with Gasteiger partial charge < -0.3 is 14.1 Å². The third-order valence-electron chi connectivity index (χ3n) is 3.33. The summed E-state index contributed by atoms with van der Waals surface area (Å²) in [5.74, 6) is 0.364. The minimum absolute atomic E-state index is 0.188. The number of furan rings is 1. The van der Waals surface area contributed by atoms with Crippen LogP contribution in [-0.2, 0) is 10.0 Å². The van der Waals surface area contributed by atoms with Crippen molar-refractivity contribution in [1.82, 2.24) is 0 Å². The van der Waals surface area contributed by atoms with Crippen LogP contribution in [0.3, 0.4) is 0 Å². The zero-order valence-corrected chi connectivity index (χ0v) is 12.6. The van der Waals surface area contributed by atoms with E-state index in [0.29, 0.717) is 30.3 Å². The van der Waals surface area contributed by atoms with Crippen molar-refractivity contribution < 1.29 is 17.6 Å². The van der Waals surface area contributed by atoms with Crippen LogP contribution in [0, 0.1) is 11.3 Å². The molecule has 0 fully saturated rings. The zero-order valence-electron chi connectivity index (χ0n) is 11.7. The summed E-state index contributed by atoms with van der Waals surface area (Å²) in [4.78, 5) is 1.73. The first-order valence-corrected chi connectivity index (χ1v) is 7.98. The number of anilines is 2. The fourth-order valence-corrected chi connectivity index (χ4v) is 3.45. The van der Waals surface area contributed by atoms with Gasteiger partial charge in [-0.05, 0) is 18.2 Å². The number of rotatable bonds is 3. The number of likely N-dealkylation sites (N-methyl/N-ethyl adjacent to an activating group) is 1. The SMILES string of the molecule is CN1CCOc2cccc(NS(=O)(=O)c3ccoc3C#N)c21. The summed E-state index contributed by atoms with van der Waals surface area (Å²) in [5.41, 5.74) is 1.06. The fourth-order valence-electron chi connectivity index (χ4n) is 2.31. The van der Waals surface area contributed by atoms with Gasteiger partial charge in [0, 0.05) is 7.05 Å². The number of nitriles is 1. The third-order valence-corrected chi connectivity index (χ3v) is 4.72. The van der Waals surface area contributed by atoms with Crippen LogP contribution in [0.5, 0.6) is 5.75 Å². The molecule has 22 heavy (non-hydrogen) atoms. The molecule has 7 nitrogen and oxygen atoms in total. The molecule has 0 spiro atoms. The Morgan fingerprint density at radius 3 is 2.95 bits per heavy atom. The van der Waals surface area contributed by atoms with Gasteiger partial charge in [-0.15, -0.1) is 0 Å². The number of fused-ring (bicyclic) bond motifs is 1. The van der Waals surface area contributed by atoms with Gasteiger partial charge in [0.2, 0.25) is 5.76 Å². The van der Waals surface area contributed by atoms with Crippen LogP contribution in [0.15, 0.2) is 39.8 Å². The van der Waals surface area contributed by atoms with E-state index in [4.69, 9.17) is 14.4 Å². The van der Waals surface area contributed by atoms with Crippen LogP contribution < -0.4 is 14.4 Å². The number of hydrogen-bond donors (Lipinski definition) is 1. The lowest BCUT2D eigenvalue weighted by Crippen LogP contribution is -2.30. The molecular weight excluding hydrogens is 306 g/mol. The molecule has 0 atom stereocenters. The monoisotopic (exact) mass is 319 g/mol. The Balaban J connectivity index is 2.02. The second-order valence-corrected chi connectivity index (χ2v) is 6.40. The van der Waals surface area contributed by atoms with E-state index in [-0.39, 0.29) is 10.7 Å². The maximum absolute atomic E-state index is 12.5. The molecular formula is C14H13N3O4S. The van der Waals surface area contributed by atoms with Crippen molar-refractivity contribution in [2.45, 2.75) is 4.90 Å². The number of benzene rings is 1. The lowest BCUT2D eigenvalue weighted by molar-refractivity contribution is 0.311. The van der Waals surface area contributed by atoms with Crippen LogP contribution in [-0.4, -0.2) is 28.6 Å². The van der Waals surface area contributed by atoms with Crippen LogP contribution in [0.25, 0.3) is 0 Å². The van der Waals surface area contributed by atoms with Crippen molar-refractivity contribution in [3.05, 3.63) is 36.3 Å². The molecule has 1 aromatic heterocycles. The molecule has 0 radical (unpaired) electrons. The fraction of sp³-hybridized carbons (Fsp3) is 0.214. The highest BCUT2D eigenvalue weighted by Gasteiger charge is 2.25. The maximum Gasteiger partial charge on any atom is 0.266 e. The Hall–Kier alpha value is -2.66. The molecule has 1 aliphatic heterocycles. The van der Waals surface area contributed by atoms with Crippen molar-refractivity contribution in [2.24, 2.45) is 0 Å². The first kappa shape index (κ1) is 14.3. The molecule has 1 N–H and O–H groups in total. The topological polar surface area (TPSA) is 95.6 Å². The highest BCUT2D eigenvalue weighted by molar-refractivity contribution is 7.92. The molecule has 1 aromatic carbocycles. The quantitative estimate of drug-likeness (QED) is 0.926. The summed E-state index contributed by atoms with van der Waals surface area (Å²) in [6, 6.07) is 8.09. The summed E-state index contributed by atoms with van der Waals surface area (Å²) in [5, 5.41) is 8.91. The number of nitrogens with one attached hydrogen (secondary N) is 1. The molecule has 114 valence electrons. The Morgan fingerprint density at radius 2 is 2.18 bits per heavy atom. The Morgan fingerprint density at radius 1 is 1.36 bits per heavy atom. The van der Waals surface area contributed by atoms with Gasteiger partial charge >= 0.3 is 0 Å². The van der Waals surface area contributed by atoms with Crippen LogP contribution in [0.2, 0.25) is 0 Å². The van der Waals surface area contributed by atoms with Gasteiger partial charge in [-0.25, -0.2) is 8.42 Å². The van der Waals surface area contributed by atoms with Gasteiger partial charge in [-0.3, -0.25) is 4.72 Å². The Kier molecular flexibility index (Phi) is 3.42. The van der Waals surface area contributed by atoms with Gasteiger partial charge in [0.05, 0.1) is 18.5 Å². The molecule has 0 amide bonds. The molecule has 0 unspecified atom stereocenters. The van der Waals surface area contributed by atoms with Crippen molar-refractivity contribution in [3.8, 4) is 11.8 Å². The Bertz CT molecular complexity index is 851. The summed E-state index contributed by atoms with van der Waals surface area (Å²) in [7, 11) is -2.06. The average Bonchev–Trinajstić information content (AvgIpc) is 2.96. The van der Waals surface area contributed by atoms with Gasteiger partial charge in [0.15, 0.2) is 0 Å². The third kappa shape index (κ3) is 2.35. The molecule has 0 saturated heterocycles. The van der Waals surface area contributed by atoms with E-state index in [9.17, 15) is 8.42 Å². The van der Waals surface area contributed by atoms with Gasteiger partial charge in [0.1, 0.15) is 29.0 Å². The number of sulfonamides is 1. The molecule has 0 aliphatic carbocycles. The van der Waals surface area contributed by atoms with Crippen molar-refractivity contribution in [3.63, 3.8) is 0 Å². The summed E-state index contributed by atoms with van der Waals surface area (Å²) >= 11 is 0. The lowest BCUT2D eigenvalue weighted by atomic mass is 10.2.